The molecule has 0 spiro atoms. The molecule has 1 aromatic rings. The molecular formula is C24H34N2O4. The number of Topliss-reactive ketones (excluding diaryl/α,β-unsaturated/α-hetero) is 1. The lowest BCUT2D eigenvalue weighted by Crippen LogP contribution is -2.52. The van der Waals surface area contributed by atoms with Crippen LogP contribution in [0.25, 0.3) is 0 Å². The van der Waals surface area contributed by atoms with Gasteiger partial charge in [0.1, 0.15) is 12.6 Å². The van der Waals surface area contributed by atoms with Crippen LogP contribution in [-0.4, -0.2) is 54.3 Å². The van der Waals surface area contributed by atoms with Gasteiger partial charge in [0.25, 0.3) is 5.91 Å². The number of likely N-dealkylation sites (tertiary alicyclic amines) is 1. The van der Waals surface area contributed by atoms with Crippen LogP contribution >= 0.6 is 0 Å². The monoisotopic (exact) mass is 414 g/mol. The summed E-state index contributed by atoms with van der Waals surface area (Å²) in [5, 5.41) is 2.95. The first-order valence-electron chi connectivity index (χ1n) is 11.0. The average Bonchev–Trinajstić information content (AvgIpc) is 3.08. The largest absolute Gasteiger partial charge is 0.368 e. The Bertz CT molecular complexity index is 781. The molecule has 0 saturated carbocycles. The first kappa shape index (κ1) is 22.5. The molecular weight excluding hydrogens is 380 g/mol. The number of hydrogen-bond donors (Lipinski definition) is 1. The number of nitrogens with one attached hydrogen (secondary N) is 1. The van der Waals surface area contributed by atoms with Gasteiger partial charge in [-0.25, -0.2) is 0 Å². The van der Waals surface area contributed by atoms with Crippen LogP contribution < -0.4 is 5.32 Å². The van der Waals surface area contributed by atoms with E-state index in [4.69, 9.17) is 4.74 Å². The molecule has 2 aliphatic heterocycles. The van der Waals surface area contributed by atoms with Crippen LogP contribution in [0.1, 0.15) is 69.3 Å². The highest BCUT2D eigenvalue weighted by Gasteiger charge is 2.44. The van der Waals surface area contributed by atoms with E-state index < -0.39 is 6.04 Å². The van der Waals surface area contributed by atoms with Crippen molar-refractivity contribution in [3.8, 4) is 0 Å². The molecule has 6 nitrogen and oxygen atoms in total. The topological polar surface area (TPSA) is 75.7 Å². The number of carbonyl (C=O) groups excluding carboxylic acids is 3. The molecule has 2 heterocycles. The summed E-state index contributed by atoms with van der Waals surface area (Å²) in [7, 11) is 0. The van der Waals surface area contributed by atoms with Gasteiger partial charge < -0.3 is 15.0 Å². The minimum Gasteiger partial charge on any atom is -0.368 e. The molecule has 3 rings (SSSR count). The molecule has 2 fully saturated rings. The van der Waals surface area contributed by atoms with E-state index in [-0.39, 0.29) is 41.6 Å². The molecule has 164 valence electrons. The maximum atomic E-state index is 12.8. The normalized spacial score (nSPS) is 22.5. The number of ketones is 1. The quantitative estimate of drug-likeness (QED) is 0.776. The highest BCUT2D eigenvalue weighted by atomic mass is 16.5. The van der Waals surface area contributed by atoms with Gasteiger partial charge in [0.2, 0.25) is 5.91 Å². The van der Waals surface area contributed by atoms with Crippen molar-refractivity contribution in [2.24, 2.45) is 5.92 Å². The molecule has 3 atom stereocenters. The number of carbonyl (C=O) groups is 3. The van der Waals surface area contributed by atoms with Crippen molar-refractivity contribution in [1.29, 1.82) is 0 Å². The molecule has 1 aromatic carbocycles. The van der Waals surface area contributed by atoms with Crippen LogP contribution in [-0.2, 0) is 19.7 Å². The number of piperidine rings is 1. The third kappa shape index (κ3) is 5.28. The van der Waals surface area contributed by atoms with E-state index in [0.29, 0.717) is 31.5 Å². The van der Waals surface area contributed by atoms with Crippen LogP contribution in [0.2, 0.25) is 0 Å². The predicted octanol–water partition coefficient (Wildman–Crippen LogP) is 3.09. The van der Waals surface area contributed by atoms with E-state index in [9.17, 15) is 14.4 Å². The Labute approximate surface area is 179 Å². The average molecular weight is 415 g/mol. The van der Waals surface area contributed by atoms with Crippen LogP contribution in [0, 0.1) is 5.92 Å². The Morgan fingerprint density at radius 3 is 2.60 bits per heavy atom. The van der Waals surface area contributed by atoms with Crippen molar-refractivity contribution in [2.45, 2.75) is 70.9 Å². The van der Waals surface area contributed by atoms with Gasteiger partial charge in [-0.3, -0.25) is 14.4 Å². The second-order valence-corrected chi connectivity index (χ2v) is 9.67. The minimum absolute atomic E-state index is 0.0140. The Morgan fingerprint density at radius 1 is 1.23 bits per heavy atom. The summed E-state index contributed by atoms with van der Waals surface area (Å²) in [6.07, 6.45) is 2.68. The molecule has 30 heavy (non-hydrogen) atoms. The molecule has 2 amide bonds. The summed E-state index contributed by atoms with van der Waals surface area (Å²) in [5.74, 6) is 0.0611. The standard InChI is InChI=1S/C24H34N2O4/c1-16(14-21(28)26-13-5-6-20-22(26)19(27)15-30-20)11-12-25-23(29)17-7-9-18(10-8-17)24(2,3)4/h7-10,16,20,22H,5-6,11-15H2,1-4H3,(H,25,29). The van der Waals surface area contributed by atoms with Crippen LogP contribution in [0.15, 0.2) is 24.3 Å². The predicted molar refractivity (Wildman–Crippen MR) is 115 cm³/mol. The Morgan fingerprint density at radius 2 is 1.93 bits per heavy atom. The van der Waals surface area contributed by atoms with E-state index in [2.05, 4.69) is 26.1 Å². The van der Waals surface area contributed by atoms with Crippen molar-refractivity contribution in [3.63, 3.8) is 0 Å². The lowest BCUT2D eigenvalue weighted by Gasteiger charge is -2.36. The number of benzene rings is 1. The Hall–Kier alpha value is -2.21. The van der Waals surface area contributed by atoms with Crippen molar-refractivity contribution < 1.29 is 19.1 Å². The van der Waals surface area contributed by atoms with Crippen molar-refractivity contribution in [1.82, 2.24) is 10.2 Å². The van der Waals surface area contributed by atoms with Crippen LogP contribution in [0.4, 0.5) is 0 Å². The summed E-state index contributed by atoms with van der Waals surface area (Å²) >= 11 is 0. The van der Waals surface area contributed by atoms with Gasteiger partial charge >= 0.3 is 0 Å². The van der Waals surface area contributed by atoms with Crippen LogP contribution in [0.3, 0.4) is 0 Å². The minimum atomic E-state index is -0.394. The number of rotatable bonds is 6. The second-order valence-electron chi connectivity index (χ2n) is 9.67. The molecule has 3 unspecified atom stereocenters. The fraction of sp³-hybridized carbons (Fsp3) is 0.625. The summed E-state index contributed by atoms with van der Waals surface area (Å²) < 4.78 is 5.52. The van der Waals surface area contributed by atoms with Gasteiger partial charge in [-0.2, -0.15) is 0 Å². The van der Waals surface area contributed by atoms with Gasteiger partial charge in [0.15, 0.2) is 5.78 Å². The summed E-state index contributed by atoms with van der Waals surface area (Å²) in [4.78, 5) is 39.0. The summed E-state index contributed by atoms with van der Waals surface area (Å²) in [6, 6.07) is 7.31. The van der Waals surface area contributed by atoms with E-state index in [1.807, 2.05) is 31.2 Å². The SMILES string of the molecule is CC(CCNC(=O)c1ccc(C(C)(C)C)cc1)CC(=O)N1CCCC2OCC(=O)C21. The van der Waals surface area contributed by atoms with E-state index in [1.54, 1.807) is 4.90 Å². The van der Waals surface area contributed by atoms with Crippen molar-refractivity contribution in [2.75, 3.05) is 19.7 Å². The molecule has 0 aliphatic carbocycles. The zero-order chi connectivity index (χ0) is 21.9. The zero-order valence-corrected chi connectivity index (χ0v) is 18.6. The Balaban J connectivity index is 1.44. The van der Waals surface area contributed by atoms with Gasteiger partial charge in [-0.05, 0) is 48.3 Å². The van der Waals surface area contributed by atoms with Gasteiger partial charge in [0, 0.05) is 25.1 Å². The zero-order valence-electron chi connectivity index (χ0n) is 18.6. The maximum absolute atomic E-state index is 12.8. The number of ether oxygens (including phenoxy) is 1. The summed E-state index contributed by atoms with van der Waals surface area (Å²) in [6.45, 7) is 9.71. The van der Waals surface area contributed by atoms with Gasteiger partial charge in [0.05, 0.1) is 6.10 Å². The van der Waals surface area contributed by atoms with E-state index in [1.165, 1.54) is 5.56 Å². The van der Waals surface area contributed by atoms with Gasteiger partial charge in [-0.1, -0.05) is 39.8 Å². The maximum Gasteiger partial charge on any atom is 0.251 e. The first-order valence-corrected chi connectivity index (χ1v) is 11.0. The molecule has 0 bridgehead atoms. The van der Waals surface area contributed by atoms with Gasteiger partial charge in [-0.15, -0.1) is 0 Å². The first-order chi connectivity index (χ1) is 14.2. The fourth-order valence-electron chi connectivity index (χ4n) is 4.24. The van der Waals surface area contributed by atoms with Crippen LogP contribution in [0.5, 0.6) is 0 Å². The molecule has 2 aliphatic rings. The smallest absolute Gasteiger partial charge is 0.251 e. The Kier molecular flexibility index (Phi) is 6.96. The lowest BCUT2D eigenvalue weighted by atomic mass is 9.87. The molecule has 2 saturated heterocycles. The summed E-state index contributed by atoms with van der Waals surface area (Å²) in [5.41, 5.74) is 1.89. The fourth-order valence-corrected chi connectivity index (χ4v) is 4.24. The number of nitrogens with zero attached hydrogens (tertiary/aromatic N) is 1. The number of hydrogen-bond acceptors (Lipinski definition) is 4. The second kappa shape index (κ2) is 9.29. The van der Waals surface area contributed by atoms with Crippen molar-refractivity contribution in [3.05, 3.63) is 35.4 Å². The van der Waals surface area contributed by atoms with E-state index >= 15 is 0 Å². The molecule has 1 N–H and O–H groups in total. The lowest BCUT2D eigenvalue weighted by molar-refractivity contribution is -0.141. The highest BCUT2D eigenvalue weighted by molar-refractivity contribution is 5.94. The molecule has 0 aromatic heterocycles. The third-order valence-corrected chi connectivity index (χ3v) is 6.12. The number of amides is 2. The molecule has 0 radical (unpaired) electrons. The highest BCUT2D eigenvalue weighted by Crippen LogP contribution is 2.27. The van der Waals surface area contributed by atoms with E-state index in [0.717, 1.165) is 12.8 Å². The third-order valence-electron chi connectivity index (χ3n) is 6.12. The van der Waals surface area contributed by atoms with Crippen molar-refractivity contribution >= 4 is 17.6 Å². The number of fused-ring (bicyclic) bond motifs is 1. The molecule has 6 heteroatoms.